The molecule has 0 bridgehead atoms. The molecule has 5 rings (SSSR count). The van der Waals surface area contributed by atoms with Crippen LogP contribution in [0, 0.1) is 13.8 Å². The van der Waals surface area contributed by atoms with Crippen LogP contribution in [0.3, 0.4) is 0 Å². The molecule has 0 unspecified atom stereocenters. The molecule has 0 saturated carbocycles. The van der Waals surface area contributed by atoms with Gasteiger partial charge in [-0.1, -0.05) is 18.2 Å². The topological polar surface area (TPSA) is 66.6 Å². The van der Waals surface area contributed by atoms with E-state index in [4.69, 9.17) is 10.1 Å². The van der Waals surface area contributed by atoms with E-state index in [0.717, 1.165) is 71.9 Å². The molecule has 1 aromatic carbocycles. The fraction of sp³-hybridized carbons (Fsp3) is 0.360. The Hall–Kier alpha value is -3.32. The fourth-order valence-electron chi connectivity index (χ4n) is 4.60. The van der Waals surface area contributed by atoms with Crippen LogP contribution < -0.4 is 0 Å². The zero-order chi connectivity index (χ0) is 22.1. The summed E-state index contributed by atoms with van der Waals surface area (Å²) in [6, 6.07) is 14.1. The maximum Gasteiger partial charge on any atom is 0.222 e. The summed E-state index contributed by atoms with van der Waals surface area (Å²) in [6.07, 6.45) is 3.01. The zero-order valence-electron chi connectivity index (χ0n) is 18.7. The van der Waals surface area contributed by atoms with Gasteiger partial charge < -0.3 is 4.90 Å². The van der Waals surface area contributed by atoms with Gasteiger partial charge in [0.2, 0.25) is 5.91 Å². The number of aromatic nitrogens is 4. The molecule has 32 heavy (non-hydrogen) atoms. The molecule has 1 saturated heterocycles. The number of fused-ring (bicyclic) bond motifs is 3. The van der Waals surface area contributed by atoms with E-state index in [1.54, 1.807) is 0 Å². The highest BCUT2D eigenvalue weighted by Crippen LogP contribution is 2.23. The third-order valence-electron chi connectivity index (χ3n) is 6.44. The SMILES string of the molecule is Cc1nc2c3ccccc3nn2c(C)c1CCC(=O)N1CCN(Cc2ccccn2)CC1. The monoisotopic (exact) mass is 428 g/mol. The second-order valence-electron chi connectivity index (χ2n) is 8.49. The second kappa shape index (κ2) is 8.67. The summed E-state index contributed by atoms with van der Waals surface area (Å²) in [5.74, 6) is 0.215. The quantitative estimate of drug-likeness (QED) is 0.489. The number of hydrogen-bond donors (Lipinski definition) is 0. The standard InChI is InChI=1S/C25H28N6O/c1-18-21(19(2)31-25(27-18)22-8-3-4-9-23(22)28-31)10-11-24(32)30-15-13-29(14-16-30)17-20-7-5-6-12-26-20/h3-9,12H,10-11,13-17H2,1-2H3. The van der Waals surface area contributed by atoms with Crippen molar-refractivity contribution in [3.63, 3.8) is 0 Å². The number of nitrogens with zero attached hydrogens (tertiary/aromatic N) is 6. The van der Waals surface area contributed by atoms with E-state index in [1.165, 1.54) is 0 Å². The van der Waals surface area contributed by atoms with Crippen molar-refractivity contribution < 1.29 is 4.79 Å². The Morgan fingerprint density at radius 1 is 1.00 bits per heavy atom. The molecule has 1 amide bonds. The lowest BCUT2D eigenvalue weighted by Crippen LogP contribution is -2.48. The minimum absolute atomic E-state index is 0.215. The molecule has 4 heterocycles. The Labute approximate surface area is 187 Å². The number of benzene rings is 1. The summed E-state index contributed by atoms with van der Waals surface area (Å²) in [6.45, 7) is 8.25. The van der Waals surface area contributed by atoms with Gasteiger partial charge in [0.1, 0.15) is 0 Å². The van der Waals surface area contributed by atoms with Crippen molar-refractivity contribution in [2.45, 2.75) is 33.2 Å². The lowest BCUT2D eigenvalue weighted by Gasteiger charge is -2.34. The lowest BCUT2D eigenvalue weighted by atomic mass is 10.1. The molecule has 0 aliphatic carbocycles. The van der Waals surface area contributed by atoms with Gasteiger partial charge in [-0.3, -0.25) is 14.7 Å². The molecule has 0 radical (unpaired) electrons. The first kappa shape index (κ1) is 20.6. The largest absolute Gasteiger partial charge is 0.340 e. The van der Waals surface area contributed by atoms with Gasteiger partial charge in [0.05, 0.1) is 11.2 Å². The third-order valence-corrected chi connectivity index (χ3v) is 6.44. The Balaban J connectivity index is 1.23. The third kappa shape index (κ3) is 3.96. The zero-order valence-corrected chi connectivity index (χ0v) is 18.7. The van der Waals surface area contributed by atoms with Crippen LogP contribution in [0.2, 0.25) is 0 Å². The Kier molecular flexibility index (Phi) is 5.57. The van der Waals surface area contributed by atoms with Gasteiger partial charge in [-0.05, 0) is 50.1 Å². The number of carbonyl (C=O) groups is 1. The van der Waals surface area contributed by atoms with Crippen molar-refractivity contribution >= 4 is 22.5 Å². The normalized spacial score (nSPS) is 15.0. The van der Waals surface area contributed by atoms with Gasteiger partial charge >= 0.3 is 0 Å². The Morgan fingerprint density at radius 3 is 2.56 bits per heavy atom. The van der Waals surface area contributed by atoms with E-state index in [2.05, 4.69) is 28.9 Å². The number of amides is 1. The van der Waals surface area contributed by atoms with Crippen LogP contribution in [0.25, 0.3) is 16.6 Å². The highest BCUT2D eigenvalue weighted by atomic mass is 16.2. The number of pyridine rings is 1. The van der Waals surface area contributed by atoms with Crippen LogP contribution >= 0.6 is 0 Å². The fourth-order valence-corrected chi connectivity index (χ4v) is 4.60. The van der Waals surface area contributed by atoms with Gasteiger partial charge in [-0.15, -0.1) is 0 Å². The van der Waals surface area contributed by atoms with Crippen LogP contribution in [-0.4, -0.2) is 61.5 Å². The molecule has 1 fully saturated rings. The number of carbonyl (C=O) groups excluding carboxylic acids is 1. The Morgan fingerprint density at radius 2 is 1.78 bits per heavy atom. The molecule has 4 aromatic rings. The van der Waals surface area contributed by atoms with Gasteiger partial charge in [0.25, 0.3) is 0 Å². The minimum Gasteiger partial charge on any atom is -0.340 e. The van der Waals surface area contributed by atoms with E-state index in [9.17, 15) is 4.79 Å². The highest BCUT2D eigenvalue weighted by molar-refractivity contribution is 5.92. The summed E-state index contributed by atoms with van der Waals surface area (Å²) in [4.78, 5) is 26.5. The van der Waals surface area contributed by atoms with Crippen LogP contribution in [0.1, 0.15) is 29.1 Å². The van der Waals surface area contributed by atoms with E-state index in [1.807, 2.05) is 52.9 Å². The Bertz CT molecular complexity index is 1260. The molecule has 1 aliphatic heterocycles. The van der Waals surface area contributed by atoms with Crippen LogP contribution in [-0.2, 0) is 17.8 Å². The minimum atomic E-state index is 0.215. The van der Waals surface area contributed by atoms with Crippen molar-refractivity contribution in [2.24, 2.45) is 0 Å². The molecule has 7 heteroatoms. The first-order valence-corrected chi connectivity index (χ1v) is 11.2. The summed E-state index contributed by atoms with van der Waals surface area (Å²) in [5.41, 5.74) is 6.07. The van der Waals surface area contributed by atoms with Gasteiger partial charge in [0, 0.05) is 62.1 Å². The first-order valence-electron chi connectivity index (χ1n) is 11.2. The summed E-state index contributed by atoms with van der Waals surface area (Å²) in [7, 11) is 0. The van der Waals surface area contributed by atoms with E-state index in [0.29, 0.717) is 12.8 Å². The van der Waals surface area contributed by atoms with E-state index in [-0.39, 0.29) is 5.91 Å². The predicted octanol–water partition coefficient (Wildman–Crippen LogP) is 3.17. The van der Waals surface area contributed by atoms with Crippen molar-refractivity contribution in [3.05, 3.63) is 71.3 Å². The summed E-state index contributed by atoms with van der Waals surface area (Å²) < 4.78 is 1.92. The van der Waals surface area contributed by atoms with Crippen molar-refractivity contribution in [3.8, 4) is 0 Å². The maximum atomic E-state index is 12.9. The van der Waals surface area contributed by atoms with E-state index < -0.39 is 0 Å². The average Bonchev–Trinajstić information content (AvgIpc) is 3.19. The molecule has 0 N–H and O–H groups in total. The molecule has 3 aromatic heterocycles. The number of rotatable bonds is 5. The summed E-state index contributed by atoms with van der Waals surface area (Å²) >= 11 is 0. The number of piperazine rings is 1. The van der Waals surface area contributed by atoms with Gasteiger partial charge in [-0.25, -0.2) is 9.50 Å². The second-order valence-corrected chi connectivity index (χ2v) is 8.49. The molecule has 0 spiro atoms. The number of hydrogen-bond acceptors (Lipinski definition) is 5. The predicted molar refractivity (Wildman–Crippen MR) is 124 cm³/mol. The van der Waals surface area contributed by atoms with Crippen molar-refractivity contribution in [1.82, 2.24) is 29.4 Å². The van der Waals surface area contributed by atoms with Crippen molar-refractivity contribution in [1.29, 1.82) is 0 Å². The first-order chi connectivity index (χ1) is 15.6. The molecular weight excluding hydrogens is 400 g/mol. The van der Waals surface area contributed by atoms with Gasteiger partial charge in [-0.2, -0.15) is 5.10 Å². The number of aryl methyl sites for hydroxylation is 2. The highest BCUT2D eigenvalue weighted by Gasteiger charge is 2.22. The molecule has 7 nitrogen and oxygen atoms in total. The maximum absolute atomic E-state index is 12.9. The van der Waals surface area contributed by atoms with Gasteiger partial charge in [0.15, 0.2) is 5.65 Å². The smallest absolute Gasteiger partial charge is 0.222 e. The van der Waals surface area contributed by atoms with Crippen LogP contribution in [0.15, 0.2) is 48.7 Å². The molecular formula is C25H28N6O. The van der Waals surface area contributed by atoms with E-state index >= 15 is 0 Å². The lowest BCUT2D eigenvalue weighted by molar-refractivity contribution is -0.133. The molecule has 0 atom stereocenters. The molecule has 164 valence electrons. The van der Waals surface area contributed by atoms with Crippen LogP contribution in [0.4, 0.5) is 0 Å². The molecule has 1 aliphatic rings. The summed E-state index contributed by atoms with van der Waals surface area (Å²) in [5, 5.41) is 5.78. The van der Waals surface area contributed by atoms with Crippen LogP contribution in [0.5, 0.6) is 0 Å². The van der Waals surface area contributed by atoms with Crippen molar-refractivity contribution in [2.75, 3.05) is 26.2 Å². The average molecular weight is 429 g/mol.